The highest BCUT2D eigenvalue weighted by Crippen LogP contribution is 2.27. The van der Waals surface area contributed by atoms with Gasteiger partial charge in [-0.3, -0.25) is 0 Å². The maximum Gasteiger partial charge on any atom is 0.191 e. The Labute approximate surface area is 156 Å². The first-order valence-corrected chi connectivity index (χ1v) is 7.55. The fourth-order valence-corrected chi connectivity index (χ4v) is 1.88. The first kappa shape index (κ1) is 21.8. The van der Waals surface area contributed by atoms with Crippen molar-refractivity contribution >= 4 is 29.9 Å². The highest BCUT2D eigenvalue weighted by Gasteiger charge is 2.04. The molecule has 1 aromatic rings. The van der Waals surface area contributed by atoms with Crippen molar-refractivity contribution in [3.8, 4) is 11.5 Å². The van der Waals surface area contributed by atoms with E-state index in [0.29, 0.717) is 18.9 Å². The average Bonchev–Trinajstić information content (AvgIpc) is 2.56. The van der Waals surface area contributed by atoms with Crippen LogP contribution in [0, 0.1) is 0 Å². The molecule has 0 amide bonds. The van der Waals surface area contributed by atoms with Crippen molar-refractivity contribution in [2.75, 3.05) is 40.5 Å². The lowest BCUT2D eigenvalue weighted by Crippen LogP contribution is -2.39. The van der Waals surface area contributed by atoms with E-state index >= 15 is 0 Å². The van der Waals surface area contributed by atoms with Crippen LogP contribution in [0.4, 0.5) is 0 Å². The molecule has 0 heterocycles. The SMILES string of the molecule is CCNC(=NCc1ccc(OC)c(OC)c1)NCCOCC.I. The lowest BCUT2D eigenvalue weighted by molar-refractivity contribution is 0.152. The summed E-state index contributed by atoms with van der Waals surface area (Å²) in [7, 11) is 3.26. The predicted octanol–water partition coefficient (Wildman–Crippen LogP) is 2.41. The molecule has 0 unspecified atom stereocenters. The highest BCUT2D eigenvalue weighted by atomic mass is 127. The molecule has 7 heteroatoms. The summed E-state index contributed by atoms with van der Waals surface area (Å²) < 4.78 is 15.8. The number of halogens is 1. The van der Waals surface area contributed by atoms with Crippen molar-refractivity contribution < 1.29 is 14.2 Å². The molecule has 1 aromatic carbocycles. The molecule has 0 aliphatic heterocycles. The molecule has 0 atom stereocenters. The number of nitrogens with zero attached hydrogens (tertiary/aromatic N) is 1. The van der Waals surface area contributed by atoms with Gasteiger partial charge in [0.2, 0.25) is 0 Å². The fraction of sp³-hybridized carbons (Fsp3) is 0.562. The van der Waals surface area contributed by atoms with Crippen molar-refractivity contribution in [1.82, 2.24) is 10.6 Å². The summed E-state index contributed by atoms with van der Waals surface area (Å²) >= 11 is 0. The number of hydrogen-bond donors (Lipinski definition) is 2. The van der Waals surface area contributed by atoms with Gasteiger partial charge in [-0.05, 0) is 31.5 Å². The molecule has 0 radical (unpaired) electrons. The summed E-state index contributed by atoms with van der Waals surface area (Å²) in [5.41, 5.74) is 1.06. The van der Waals surface area contributed by atoms with Crippen LogP contribution in [0.5, 0.6) is 11.5 Å². The minimum absolute atomic E-state index is 0. The normalized spacial score (nSPS) is 10.7. The quantitative estimate of drug-likeness (QED) is 0.269. The van der Waals surface area contributed by atoms with Crippen LogP contribution < -0.4 is 20.1 Å². The lowest BCUT2D eigenvalue weighted by Gasteiger charge is -2.12. The molecule has 0 saturated heterocycles. The van der Waals surface area contributed by atoms with Crippen LogP contribution in [-0.4, -0.2) is 46.5 Å². The van der Waals surface area contributed by atoms with Gasteiger partial charge in [0, 0.05) is 19.7 Å². The molecular formula is C16H28IN3O3. The summed E-state index contributed by atoms with van der Waals surface area (Å²) in [6.45, 7) is 7.51. The van der Waals surface area contributed by atoms with Crippen LogP contribution in [0.25, 0.3) is 0 Å². The Bertz CT molecular complexity index is 470. The number of hydrogen-bond acceptors (Lipinski definition) is 4. The molecule has 0 aliphatic rings. The van der Waals surface area contributed by atoms with E-state index < -0.39 is 0 Å². The second-order valence-electron chi connectivity index (χ2n) is 4.51. The van der Waals surface area contributed by atoms with Gasteiger partial charge < -0.3 is 24.8 Å². The minimum Gasteiger partial charge on any atom is -0.493 e. The number of rotatable bonds is 9. The van der Waals surface area contributed by atoms with Crippen molar-refractivity contribution in [3.05, 3.63) is 23.8 Å². The average molecular weight is 437 g/mol. The van der Waals surface area contributed by atoms with Crippen molar-refractivity contribution in [3.63, 3.8) is 0 Å². The van der Waals surface area contributed by atoms with Gasteiger partial charge in [-0.2, -0.15) is 0 Å². The zero-order valence-corrected chi connectivity index (χ0v) is 16.7. The molecule has 132 valence electrons. The summed E-state index contributed by atoms with van der Waals surface area (Å²) in [6.07, 6.45) is 0. The first-order chi connectivity index (χ1) is 10.7. The lowest BCUT2D eigenvalue weighted by atomic mass is 10.2. The van der Waals surface area contributed by atoms with E-state index in [1.807, 2.05) is 32.0 Å². The molecule has 6 nitrogen and oxygen atoms in total. The zero-order chi connectivity index (χ0) is 16.2. The molecule has 0 fully saturated rings. The van der Waals surface area contributed by atoms with E-state index in [-0.39, 0.29) is 24.0 Å². The monoisotopic (exact) mass is 437 g/mol. The van der Waals surface area contributed by atoms with Crippen molar-refractivity contribution in [2.45, 2.75) is 20.4 Å². The van der Waals surface area contributed by atoms with Crippen LogP contribution in [-0.2, 0) is 11.3 Å². The summed E-state index contributed by atoms with van der Waals surface area (Å²) in [5, 5.41) is 6.44. The Morgan fingerprint density at radius 2 is 1.83 bits per heavy atom. The molecule has 0 aliphatic carbocycles. The van der Waals surface area contributed by atoms with Gasteiger partial charge in [-0.15, -0.1) is 24.0 Å². The first-order valence-electron chi connectivity index (χ1n) is 7.55. The van der Waals surface area contributed by atoms with Gasteiger partial charge in [0.15, 0.2) is 17.5 Å². The Hall–Kier alpha value is -1.22. The Morgan fingerprint density at radius 3 is 2.43 bits per heavy atom. The van der Waals surface area contributed by atoms with Crippen LogP contribution in [0.2, 0.25) is 0 Å². The summed E-state index contributed by atoms with van der Waals surface area (Å²) in [4.78, 5) is 4.55. The molecule has 0 bridgehead atoms. The Morgan fingerprint density at radius 1 is 1.09 bits per heavy atom. The van der Waals surface area contributed by atoms with E-state index in [2.05, 4.69) is 15.6 Å². The van der Waals surface area contributed by atoms with Gasteiger partial charge in [0.1, 0.15) is 0 Å². The maximum absolute atomic E-state index is 5.30. The Kier molecular flexibility index (Phi) is 12.5. The van der Waals surface area contributed by atoms with Crippen molar-refractivity contribution in [2.24, 2.45) is 4.99 Å². The molecule has 0 spiro atoms. The summed E-state index contributed by atoms with van der Waals surface area (Å²) in [5.74, 6) is 2.21. The third-order valence-electron chi connectivity index (χ3n) is 2.95. The fourth-order valence-electron chi connectivity index (χ4n) is 1.88. The second kappa shape index (κ2) is 13.2. The number of benzene rings is 1. The van der Waals surface area contributed by atoms with Gasteiger partial charge in [0.05, 0.1) is 27.4 Å². The number of guanidine groups is 1. The van der Waals surface area contributed by atoms with E-state index in [1.54, 1.807) is 14.2 Å². The zero-order valence-electron chi connectivity index (χ0n) is 14.3. The van der Waals surface area contributed by atoms with Crippen LogP contribution in [0.15, 0.2) is 23.2 Å². The van der Waals surface area contributed by atoms with Crippen LogP contribution in [0.1, 0.15) is 19.4 Å². The smallest absolute Gasteiger partial charge is 0.191 e. The third-order valence-corrected chi connectivity index (χ3v) is 2.95. The van der Waals surface area contributed by atoms with Crippen molar-refractivity contribution in [1.29, 1.82) is 0 Å². The molecule has 0 saturated carbocycles. The molecule has 23 heavy (non-hydrogen) atoms. The standard InChI is InChI=1S/C16H27N3O3.HI/c1-5-17-16(18-9-10-22-6-2)19-12-13-7-8-14(20-3)15(11-13)21-4;/h7-8,11H,5-6,9-10,12H2,1-4H3,(H2,17,18,19);1H. The maximum atomic E-state index is 5.30. The molecule has 2 N–H and O–H groups in total. The van der Waals surface area contributed by atoms with E-state index in [1.165, 1.54) is 0 Å². The third kappa shape index (κ3) is 8.26. The number of methoxy groups -OCH3 is 2. The van der Waals surface area contributed by atoms with E-state index in [0.717, 1.165) is 37.0 Å². The number of aliphatic imine (C=N–C) groups is 1. The van der Waals surface area contributed by atoms with Gasteiger partial charge >= 0.3 is 0 Å². The summed E-state index contributed by atoms with van der Waals surface area (Å²) in [6, 6.07) is 5.81. The molecule has 0 aromatic heterocycles. The highest BCUT2D eigenvalue weighted by molar-refractivity contribution is 14.0. The van der Waals surface area contributed by atoms with Crippen LogP contribution >= 0.6 is 24.0 Å². The topological polar surface area (TPSA) is 64.1 Å². The van der Waals surface area contributed by atoms with E-state index in [4.69, 9.17) is 14.2 Å². The number of ether oxygens (including phenoxy) is 3. The van der Waals surface area contributed by atoms with E-state index in [9.17, 15) is 0 Å². The molecular weight excluding hydrogens is 409 g/mol. The Balaban J connectivity index is 0.00000484. The largest absolute Gasteiger partial charge is 0.493 e. The van der Waals surface area contributed by atoms with Gasteiger partial charge in [0.25, 0.3) is 0 Å². The minimum atomic E-state index is 0. The van der Waals surface area contributed by atoms with Gasteiger partial charge in [-0.25, -0.2) is 4.99 Å². The predicted molar refractivity (Wildman–Crippen MR) is 104 cm³/mol. The van der Waals surface area contributed by atoms with Crippen LogP contribution in [0.3, 0.4) is 0 Å². The number of nitrogens with one attached hydrogen (secondary N) is 2. The van der Waals surface area contributed by atoms with Gasteiger partial charge in [-0.1, -0.05) is 6.07 Å². The molecule has 1 rings (SSSR count). The second-order valence-corrected chi connectivity index (χ2v) is 4.51.